The SMILES string of the molecule is CC(C)Oc1ccc(C(=O)NCC(=O)N2CCN(Cc3nc(N)c4ccccc4n3)CC2)cc1. The van der Waals surface area contributed by atoms with Gasteiger partial charge in [0.2, 0.25) is 5.91 Å². The first kappa shape index (κ1) is 23.4. The van der Waals surface area contributed by atoms with Gasteiger partial charge in [0.05, 0.1) is 24.7 Å². The van der Waals surface area contributed by atoms with E-state index in [1.165, 1.54) is 0 Å². The van der Waals surface area contributed by atoms with Crippen molar-refractivity contribution < 1.29 is 14.3 Å². The monoisotopic (exact) mass is 462 g/mol. The van der Waals surface area contributed by atoms with E-state index in [9.17, 15) is 9.59 Å². The molecule has 2 aromatic carbocycles. The van der Waals surface area contributed by atoms with Gasteiger partial charge >= 0.3 is 0 Å². The lowest BCUT2D eigenvalue weighted by Crippen LogP contribution is -2.51. The van der Waals surface area contributed by atoms with Gasteiger partial charge in [0.25, 0.3) is 5.91 Å². The summed E-state index contributed by atoms with van der Waals surface area (Å²) in [5.74, 6) is 1.48. The van der Waals surface area contributed by atoms with Crippen molar-refractivity contribution in [2.75, 3.05) is 38.5 Å². The topological polar surface area (TPSA) is 114 Å². The average Bonchev–Trinajstić information content (AvgIpc) is 2.83. The van der Waals surface area contributed by atoms with Gasteiger partial charge in [-0.25, -0.2) is 9.97 Å². The van der Waals surface area contributed by atoms with Crippen LogP contribution in [0.5, 0.6) is 5.75 Å². The number of fused-ring (bicyclic) bond motifs is 1. The minimum Gasteiger partial charge on any atom is -0.491 e. The fourth-order valence-corrected chi connectivity index (χ4v) is 3.90. The Bertz CT molecular complexity index is 1160. The van der Waals surface area contributed by atoms with Crippen LogP contribution in [-0.2, 0) is 11.3 Å². The summed E-state index contributed by atoms with van der Waals surface area (Å²) in [5, 5.41) is 3.56. The van der Waals surface area contributed by atoms with E-state index in [0.29, 0.717) is 55.7 Å². The number of carbonyl (C=O) groups excluding carboxylic acids is 2. The molecule has 3 aromatic rings. The number of amides is 2. The summed E-state index contributed by atoms with van der Waals surface area (Å²) in [6, 6.07) is 14.6. The summed E-state index contributed by atoms with van der Waals surface area (Å²) in [6.45, 7) is 6.99. The van der Waals surface area contributed by atoms with Crippen molar-refractivity contribution in [2.45, 2.75) is 26.5 Å². The van der Waals surface area contributed by atoms with Crippen molar-refractivity contribution in [3.05, 3.63) is 59.9 Å². The largest absolute Gasteiger partial charge is 0.491 e. The molecule has 9 nitrogen and oxygen atoms in total. The van der Waals surface area contributed by atoms with E-state index < -0.39 is 0 Å². The number of piperazine rings is 1. The Kier molecular flexibility index (Phi) is 7.22. The third-order valence-corrected chi connectivity index (χ3v) is 5.66. The molecule has 9 heteroatoms. The van der Waals surface area contributed by atoms with Crippen LogP contribution in [0.4, 0.5) is 5.82 Å². The second kappa shape index (κ2) is 10.5. The summed E-state index contributed by atoms with van der Waals surface area (Å²) in [5.41, 5.74) is 7.41. The number of nitrogens with one attached hydrogen (secondary N) is 1. The predicted octanol–water partition coefficient (Wildman–Crippen LogP) is 2.07. The fourth-order valence-electron chi connectivity index (χ4n) is 3.90. The van der Waals surface area contributed by atoms with Crippen LogP contribution in [0.25, 0.3) is 10.9 Å². The van der Waals surface area contributed by atoms with E-state index in [-0.39, 0.29) is 24.5 Å². The zero-order valence-corrected chi connectivity index (χ0v) is 19.5. The number of nitrogens with zero attached hydrogens (tertiary/aromatic N) is 4. The van der Waals surface area contributed by atoms with Gasteiger partial charge in [-0.1, -0.05) is 12.1 Å². The lowest BCUT2D eigenvalue weighted by atomic mass is 10.2. The molecule has 0 bridgehead atoms. The fraction of sp³-hybridized carbons (Fsp3) is 0.360. The van der Waals surface area contributed by atoms with E-state index >= 15 is 0 Å². The van der Waals surface area contributed by atoms with Crippen LogP contribution >= 0.6 is 0 Å². The molecule has 0 spiro atoms. The van der Waals surface area contributed by atoms with Crippen LogP contribution in [0, 0.1) is 0 Å². The van der Waals surface area contributed by atoms with Crippen molar-refractivity contribution >= 4 is 28.5 Å². The molecule has 178 valence electrons. The number of benzene rings is 2. The van der Waals surface area contributed by atoms with Gasteiger partial charge in [-0.3, -0.25) is 14.5 Å². The Hall–Kier alpha value is -3.72. The highest BCUT2D eigenvalue weighted by Gasteiger charge is 2.22. The van der Waals surface area contributed by atoms with Gasteiger partial charge in [-0.05, 0) is 50.2 Å². The van der Waals surface area contributed by atoms with Crippen molar-refractivity contribution in [1.29, 1.82) is 0 Å². The maximum absolute atomic E-state index is 12.6. The maximum Gasteiger partial charge on any atom is 0.251 e. The summed E-state index contributed by atoms with van der Waals surface area (Å²) < 4.78 is 5.59. The zero-order chi connectivity index (χ0) is 24.1. The molecule has 2 heterocycles. The summed E-state index contributed by atoms with van der Waals surface area (Å²) in [7, 11) is 0. The predicted molar refractivity (Wildman–Crippen MR) is 130 cm³/mol. The van der Waals surface area contributed by atoms with E-state index in [1.807, 2.05) is 38.1 Å². The number of carbonyl (C=O) groups is 2. The van der Waals surface area contributed by atoms with Crippen LogP contribution in [-0.4, -0.2) is 70.4 Å². The number of hydrogen-bond acceptors (Lipinski definition) is 7. The molecule has 4 rings (SSSR count). The molecule has 1 aliphatic rings. The minimum atomic E-state index is -0.283. The van der Waals surface area contributed by atoms with E-state index in [4.69, 9.17) is 10.5 Å². The third kappa shape index (κ3) is 5.79. The molecule has 1 fully saturated rings. The Morgan fingerprint density at radius 2 is 1.74 bits per heavy atom. The quantitative estimate of drug-likeness (QED) is 0.553. The Morgan fingerprint density at radius 1 is 1.03 bits per heavy atom. The first-order valence-electron chi connectivity index (χ1n) is 11.5. The number of hydrogen-bond donors (Lipinski definition) is 2. The zero-order valence-electron chi connectivity index (χ0n) is 19.5. The lowest BCUT2D eigenvalue weighted by molar-refractivity contribution is -0.131. The van der Waals surface area contributed by atoms with Gasteiger partial charge in [0.1, 0.15) is 17.4 Å². The van der Waals surface area contributed by atoms with Crippen LogP contribution in [0.2, 0.25) is 0 Å². The van der Waals surface area contributed by atoms with Crippen molar-refractivity contribution in [2.24, 2.45) is 0 Å². The van der Waals surface area contributed by atoms with Crippen molar-refractivity contribution in [3.63, 3.8) is 0 Å². The Balaban J connectivity index is 1.24. The standard InChI is InChI=1S/C25H30N6O3/c1-17(2)34-19-9-7-18(8-10-19)25(33)27-15-23(32)31-13-11-30(12-14-31)16-22-28-21-6-4-3-5-20(21)24(26)29-22/h3-10,17H,11-16H2,1-2H3,(H,27,33)(H2,26,28,29). The molecule has 1 aliphatic heterocycles. The molecule has 2 amide bonds. The van der Waals surface area contributed by atoms with Gasteiger partial charge in [0, 0.05) is 37.1 Å². The minimum absolute atomic E-state index is 0.0343. The van der Waals surface area contributed by atoms with E-state index in [1.54, 1.807) is 29.2 Å². The number of nitrogen functional groups attached to an aromatic ring is 1. The smallest absolute Gasteiger partial charge is 0.251 e. The average molecular weight is 463 g/mol. The number of ether oxygens (including phenoxy) is 1. The Labute approximate surface area is 198 Å². The van der Waals surface area contributed by atoms with Gasteiger partial charge in [0.15, 0.2) is 0 Å². The molecule has 0 atom stereocenters. The molecule has 0 radical (unpaired) electrons. The maximum atomic E-state index is 12.6. The van der Waals surface area contributed by atoms with Gasteiger partial charge in [-0.15, -0.1) is 0 Å². The normalized spacial score (nSPS) is 14.4. The van der Waals surface area contributed by atoms with Crippen LogP contribution in [0.3, 0.4) is 0 Å². The highest BCUT2D eigenvalue weighted by atomic mass is 16.5. The summed E-state index contributed by atoms with van der Waals surface area (Å²) in [4.78, 5) is 38.0. The molecule has 0 aliphatic carbocycles. The van der Waals surface area contributed by atoms with Crippen molar-refractivity contribution in [3.8, 4) is 5.75 Å². The highest BCUT2D eigenvalue weighted by Crippen LogP contribution is 2.18. The first-order valence-corrected chi connectivity index (χ1v) is 11.5. The molecule has 3 N–H and O–H groups in total. The molecule has 0 unspecified atom stereocenters. The Morgan fingerprint density at radius 3 is 2.44 bits per heavy atom. The first-order chi connectivity index (χ1) is 16.4. The molecular weight excluding hydrogens is 432 g/mol. The molecule has 1 aromatic heterocycles. The number of para-hydroxylation sites is 1. The molecule has 34 heavy (non-hydrogen) atoms. The number of nitrogens with two attached hydrogens (primary N) is 1. The van der Waals surface area contributed by atoms with Gasteiger partial charge in [-0.2, -0.15) is 0 Å². The molecule has 0 saturated carbocycles. The summed E-state index contributed by atoms with van der Waals surface area (Å²) >= 11 is 0. The number of rotatable bonds is 7. The van der Waals surface area contributed by atoms with E-state index in [2.05, 4.69) is 20.2 Å². The molecular formula is C25H30N6O3. The lowest BCUT2D eigenvalue weighted by Gasteiger charge is -2.34. The van der Waals surface area contributed by atoms with Crippen LogP contribution < -0.4 is 15.8 Å². The third-order valence-electron chi connectivity index (χ3n) is 5.66. The number of anilines is 1. The highest BCUT2D eigenvalue weighted by molar-refractivity contribution is 5.96. The second-order valence-electron chi connectivity index (χ2n) is 8.57. The molecule has 1 saturated heterocycles. The summed E-state index contributed by atoms with van der Waals surface area (Å²) in [6.07, 6.45) is 0.0657. The van der Waals surface area contributed by atoms with Crippen LogP contribution in [0.1, 0.15) is 30.0 Å². The number of aromatic nitrogens is 2. The van der Waals surface area contributed by atoms with Crippen LogP contribution in [0.15, 0.2) is 48.5 Å². The second-order valence-corrected chi connectivity index (χ2v) is 8.57. The van der Waals surface area contributed by atoms with E-state index in [0.717, 1.165) is 10.9 Å². The van der Waals surface area contributed by atoms with Crippen molar-refractivity contribution in [1.82, 2.24) is 25.1 Å². The van der Waals surface area contributed by atoms with Gasteiger partial charge < -0.3 is 20.7 Å².